The third kappa shape index (κ3) is 3.17. The molecule has 16 heavy (non-hydrogen) atoms. The summed E-state index contributed by atoms with van der Waals surface area (Å²) in [5.41, 5.74) is -0.181. The van der Waals surface area contributed by atoms with Gasteiger partial charge in [0.1, 0.15) is 13.6 Å². The molecule has 1 aromatic heterocycles. The molecule has 0 fully saturated rings. The molecule has 0 unspecified atom stereocenters. The van der Waals surface area contributed by atoms with Gasteiger partial charge in [0.15, 0.2) is 0 Å². The molecule has 3 N–H and O–H groups in total. The van der Waals surface area contributed by atoms with Crippen LogP contribution in [0.2, 0.25) is 8.67 Å². The smallest absolute Gasteiger partial charge is 0.255 e. The summed E-state index contributed by atoms with van der Waals surface area (Å²) in [6, 6.07) is 0. The van der Waals surface area contributed by atoms with Crippen molar-refractivity contribution in [1.29, 1.82) is 0 Å². The van der Waals surface area contributed by atoms with Crippen molar-refractivity contribution in [3.8, 4) is 0 Å². The Kier molecular flexibility index (Phi) is 4.35. The third-order valence-electron chi connectivity index (χ3n) is 1.50. The van der Waals surface area contributed by atoms with Crippen molar-refractivity contribution in [1.82, 2.24) is 0 Å². The lowest BCUT2D eigenvalue weighted by Crippen LogP contribution is -2.16. The van der Waals surface area contributed by atoms with Gasteiger partial charge in [0.25, 0.3) is 6.43 Å². The van der Waals surface area contributed by atoms with Crippen LogP contribution in [-0.2, 0) is 10.0 Å². The second-order valence-electron chi connectivity index (χ2n) is 2.67. The Labute approximate surface area is 104 Å². The van der Waals surface area contributed by atoms with E-state index in [1.807, 2.05) is 0 Å². The van der Waals surface area contributed by atoms with Gasteiger partial charge in [-0.1, -0.05) is 23.2 Å². The zero-order valence-corrected chi connectivity index (χ0v) is 10.7. The molecule has 1 rings (SSSR count). The Morgan fingerprint density at radius 2 is 1.94 bits per heavy atom. The number of thiophene rings is 1. The van der Waals surface area contributed by atoms with E-state index in [0.29, 0.717) is 0 Å². The van der Waals surface area contributed by atoms with Gasteiger partial charge in [0.05, 0.1) is 12.2 Å². The van der Waals surface area contributed by atoms with E-state index in [2.05, 4.69) is 5.32 Å². The first-order chi connectivity index (χ1) is 7.23. The number of hydrogen-bond acceptors (Lipinski definition) is 4. The Morgan fingerprint density at radius 3 is 2.38 bits per heavy atom. The second kappa shape index (κ2) is 5.01. The molecule has 0 bridgehead atoms. The van der Waals surface area contributed by atoms with Gasteiger partial charge in [-0.25, -0.2) is 22.3 Å². The quantitative estimate of drug-likeness (QED) is 0.897. The minimum Gasteiger partial charge on any atom is -0.376 e. The highest BCUT2D eigenvalue weighted by Crippen LogP contribution is 2.42. The van der Waals surface area contributed by atoms with Crippen molar-refractivity contribution < 1.29 is 17.2 Å². The van der Waals surface area contributed by atoms with Crippen molar-refractivity contribution in [3.05, 3.63) is 8.67 Å². The van der Waals surface area contributed by atoms with E-state index in [1.165, 1.54) is 0 Å². The molecule has 0 spiro atoms. The lowest BCUT2D eigenvalue weighted by atomic mass is 10.5. The Morgan fingerprint density at radius 1 is 1.38 bits per heavy atom. The van der Waals surface area contributed by atoms with Gasteiger partial charge >= 0.3 is 0 Å². The van der Waals surface area contributed by atoms with Gasteiger partial charge in [-0.05, 0) is 0 Å². The van der Waals surface area contributed by atoms with E-state index >= 15 is 0 Å². The van der Waals surface area contributed by atoms with Crippen molar-refractivity contribution in [2.45, 2.75) is 11.3 Å². The van der Waals surface area contributed by atoms with Crippen LogP contribution in [-0.4, -0.2) is 21.4 Å². The molecule has 0 atom stereocenters. The summed E-state index contributed by atoms with van der Waals surface area (Å²) in [4.78, 5) is -0.454. The van der Waals surface area contributed by atoms with Crippen molar-refractivity contribution in [2.75, 3.05) is 11.9 Å². The molecule has 1 aromatic rings. The maximum Gasteiger partial charge on any atom is 0.255 e. The summed E-state index contributed by atoms with van der Waals surface area (Å²) in [7, 11) is -4.10. The fourth-order valence-electron chi connectivity index (χ4n) is 0.947. The minimum absolute atomic E-state index is 0.0327. The van der Waals surface area contributed by atoms with Crippen molar-refractivity contribution >= 4 is 50.2 Å². The molecule has 4 nitrogen and oxygen atoms in total. The third-order valence-corrected chi connectivity index (χ3v) is 4.33. The highest BCUT2D eigenvalue weighted by molar-refractivity contribution is 7.89. The van der Waals surface area contributed by atoms with Gasteiger partial charge in [0, 0.05) is 0 Å². The van der Waals surface area contributed by atoms with Gasteiger partial charge in [-0.15, -0.1) is 11.3 Å². The topological polar surface area (TPSA) is 72.2 Å². The number of primary sulfonamides is 1. The van der Waals surface area contributed by atoms with E-state index in [9.17, 15) is 17.2 Å². The molecule has 0 saturated heterocycles. The van der Waals surface area contributed by atoms with Crippen LogP contribution in [0, 0.1) is 0 Å². The Bertz CT molecular complexity index is 489. The van der Waals surface area contributed by atoms with E-state index in [4.69, 9.17) is 28.3 Å². The maximum absolute atomic E-state index is 12.0. The molecule has 0 aromatic carbocycles. The van der Waals surface area contributed by atoms with Gasteiger partial charge in [0.2, 0.25) is 10.0 Å². The fourth-order valence-corrected chi connectivity index (χ4v) is 4.01. The number of hydrogen-bond donors (Lipinski definition) is 2. The predicted octanol–water partition coefficient (Wildman–Crippen LogP) is 2.38. The standard InChI is InChI=1S/C6H6Cl2F2N2O2S2/c7-5-3(12-1-2(9)10)4(6(8)15-5)16(11,13)14/h2,12H,1H2,(H2,11,13,14). The summed E-state index contributed by atoms with van der Waals surface area (Å²) >= 11 is 12.0. The van der Waals surface area contributed by atoms with Crippen LogP contribution in [0.15, 0.2) is 4.90 Å². The van der Waals surface area contributed by atoms with Gasteiger partial charge in [-0.2, -0.15) is 0 Å². The van der Waals surface area contributed by atoms with Gasteiger partial charge in [-0.3, -0.25) is 0 Å². The SMILES string of the molecule is NS(=O)(=O)c1c(Cl)sc(Cl)c1NCC(F)F. The van der Waals surface area contributed by atoms with E-state index in [-0.39, 0.29) is 14.4 Å². The van der Waals surface area contributed by atoms with Crippen LogP contribution >= 0.6 is 34.5 Å². The lowest BCUT2D eigenvalue weighted by molar-refractivity contribution is 0.163. The molecular weight excluding hydrogens is 305 g/mol. The summed E-state index contributed by atoms with van der Waals surface area (Å²) in [5, 5.41) is 7.08. The van der Waals surface area contributed by atoms with Crippen LogP contribution in [0.25, 0.3) is 0 Å². The predicted molar refractivity (Wildman–Crippen MR) is 60.2 cm³/mol. The van der Waals surface area contributed by atoms with Crippen molar-refractivity contribution in [3.63, 3.8) is 0 Å². The molecule has 1 heterocycles. The molecule has 0 aliphatic heterocycles. The highest BCUT2D eigenvalue weighted by Gasteiger charge is 2.25. The van der Waals surface area contributed by atoms with Crippen LogP contribution in [0.5, 0.6) is 0 Å². The average Bonchev–Trinajstić information content (AvgIpc) is 2.36. The average molecular weight is 311 g/mol. The molecule has 0 amide bonds. The summed E-state index contributed by atoms with van der Waals surface area (Å²) < 4.78 is 46.0. The molecule has 10 heteroatoms. The molecule has 0 aliphatic rings. The number of nitrogens with two attached hydrogens (primary N) is 1. The number of halogens is 4. The Balaban J connectivity index is 3.17. The lowest BCUT2D eigenvalue weighted by Gasteiger charge is -2.06. The van der Waals surface area contributed by atoms with Crippen LogP contribution in [0.1, 0.15) is 0 Å². The maximum atomic E-state index is 12.0. The van der Waals surface area contributed by atoms with Crippen LogP contribution < -0.4 is 10.5 Å². The zero-order valence-electron chi connectivity index (χ0n) is 7.51. The zero-order chi connectivity index (χ0) is 12.5. The number of anilines is 1. The minimum atomic E-state index is -4.10. The number of alkyl halides is 2. The number of sulfonamides is 1. The fraction of sp³-hybridized carbons (Fsp3) is 0.333. The first-order valence-corrected chi connectivity index (χ1v) is 6.88. The highest BCUT2D eigenvalue weighted by atomic mass is 35.5. The van der Waals surface area contributed by atoms with E-state index in [1.54, 1.807) is 0 Å². The molecule has 0 aliphatic carbocycles. The molecular formula is C6H6Cl2F2N2O2S2. The summed E-state index contributed by atoms with van der Waals surface area (Å²) in [6.07, 6.45) is -2.65. The first kappa shape index (κ1) is 13.9. The summed E-state index contributed by atoms with van der Waals surface area (Å²) in [6.45, 7) is -0.741. The monoisotopic (exact) mass is 310 g/mol. The van der Waals surface area contributed by atoms with Crippen LogP contribution in [0.3, 0.4) is 0 Å². The van der Waals surface area contributed by atoms with Gasteiger partial charge < -0.3 is 5.32 Å². The first-order valence-electron chi connectivity index (χ1n) is 3.76. The summed E-state index contributed by atoms with van der Waals surface area (Å²) in [5.74, 6) is 0. The Hall–Kier alpha value is -0.150. The van der Waals surface area contributed by atoms with Crippen molar-refractivity contribution in [2.24, 2.45) is 5.14 Å². The molecule has 0 saturated carbocycles. The number of rotatable bonds is 4. The number of nitrogens with one attached hydrogen (secondary N) is 1. The second-order valence-corrected chi connectivity index (χ2v) is 6.39. The largest absolute Gasteiger partial charge is 0.376 e. The van der Waals surface area contributed by atoms with E-state index in [0.717, 1.165) is 11.3 Å². The van der Waals surface area contributed by atoms with E-state index < -0.39 is 27.9 Å². The molecule has 92 valence electrons. The molecule has 0 radical (unpaired) electrons. The van der Waals surface area contributed by atoms with Crippen LogP contribution in [0.4, 0.5) is 14.5 Å². The normalized spacial score (nSPS) is 12.1.